The second-order valence-corrected chi connectivity index (χ2v) is 5.99. The SMILES string of the molecule is CC(C)C(SCc1cc(-c2ccccc2)on1)C(=O)O. The summed E-state index contributed by atoms with van der Waals surface area (Å²) in [5, 5.41) is 12.7. The molecular weight excluding hydrogens is 274 g/mol. The van der Waals surface area contributed by atoms with Crippen LogP contribution in [-0.2, 0) is 10.5 Å². The Labute approximate surface area is 122 Å². The van der Waals surface area contributed by atoms with Crippen LogP contribution >= 0.6 is 11.8 Å². The van der Waals surface area contributed by atoms with Gasteiger partial charge in [-0.25, -0.2) is 0 Å². The summed E-state index contributed by atoms with van der Waals surface area (Å²) in [4.78, 5) is 11.1. The average Bonchev–Trinajstić information content (AvgIpc) is 2.88. The molecule has 20 heavy (non-hydrogen) atoms. The number of rotatable bonds is 6. The second kappa shape index (κ2) is 6.61. The topological polar surface area (TPSA) is 63.3 Å². The van der Waals surface area contributed by atoms with Crippen molar-refractivity contribution in [1.29, 1.82) is 0 Å². The van der Waals surface area contributed by atoms with Crippen molar-refractivity contribution in [3.05, 3.63) is 42.1 Å². The van der Waals surface area contributed by atoms with E-state index in [1.165, 1.54) is 11.8 Å². The molecule has 0 amide bonds. The van der Waals surface area contributed by atoms with Crippen molar-refractivity contribution in [1.82, 2.24) is 5.16 Å². The maximum atomic E-state index is 11.1. The van der Waals surface area contributed by atoms with Gasteiger partial charge in [0.05, 0.1) is 5.69 Å². The number of thioether (sulfide) groups is 1. The standard InChI is InChI=1S/C15H17NO3S/c1-10(2)14(15(17)18)20-9-12-8-13(19-16-12)11-6-4-3-5-7-11/h3-8,10,14H,9H2,1-2H3,(H,17,18). The Bertz CT molecular complexity index is 566. The molecule has 1 N–H and O–H groups in total. The minimum Gasteiger partial charge on any atom is -0.480 e. The van der Waals surface area contributed by atoms with Gasteiger partial charge in [0.25, 0.3) is 0 Å². The molecule has 106 valence electrons. The first-order valence-electron chi connectivity index (χ1n) is 6.43. The van der Waals surface area contributed by atoms with E-state index in [2.05, 4.69) is 5.16 Å². The van der Waals surface area contributed by atoms with E-state index in [1.807, 2.05) is 50.2 Å². The summed E-state index contributed by atoms with van der Waals surface area (Å²) in [6.45, 7) is 3.81. The van der Waals surface area contributed by atoms with Gasteiger partial charge in [0.15, 0.2) is 5.76 Å². The average molecular weight is 291 g/mol. The maximum absolute atomic E-state index is 11.1. The highest BCUT2D eigenvalue weighted by atomic mass is 32.2. The molecule has 0 saturated heterocycles. The lowest BCUT2D eigenvalue weighted by Gasteiger charge is -2.14. The summed E-state index contributed by atoms with van der Waals surface area (Å²) < 4.78 is 5.29. The first kappa shape index (κ1) is 14.7. The molecular formula is C15H17NO3S. The van der Waals surface area contributed by atoms with Crippen LogP contribution in [0.1, 0.15) is 19.5 Å². The molecule has 5 heteroatoms. The van der Waals surface area contributed by atoms with Crippen molar-refractivity contribution in [3.63, 3.8) is 0 Å². The minimum absolute atomic E-state index is 0.0815. The highest BCUT2D eigenvalue weighted by molar-refractivity contribution is 7.99. The van der Waals surface area contributed by atoms with Gasteiger partial charge in [0.1, 0.15) is 5.25 Å². The third-order valence-electron chi connectivity index (χ3n) is 2.88. The number of benzene rings is 1. The number of hydrogen-bond acceptors (Lipinski definition) is 4. The molecule has 0 radical (unpaired) electrons. The Kier molecular flexibility index (Phi) is 4.84. The van der Waals surface area contributed by atoms with Gasteiger partial charge in [0.2, 0.25) is 0 Å². The van der Waals surface area contributed by atoms with Crippen LogP contribution in [0.2, 0.25) is 0 Å². The van der Waals surface area contributed by atoms with Gasteiger partial charge < -0.3 is 9.63 Å². The number of carboxylic acid groups (broad SMARTS) is 1. The van der Waals surface area contributed by atoms with E-state index < -0.39 is 11.2 Å². The molecule has 0 saturated carbocycles. The molecule has 2 aromatic rings. The summed E-state index contributed by atoms with van der Waals surface area (Å²) in [6.07, 6.45) is 0. The summed E-state index contributed by atoms with van der Waals surface area (Å²) >= 11 is 1.38. The van der Waals surface area contributed by atoms with Crippen molar-refractivity contribution in [3.8, 4) is 11.3 Å². The Morgan fingerprint density at radius 1 is 1.35 bits per heavy atom. The molecule has 1 unspecified atom stereocenters. The van der Waals surface area contributed by atoms with Gasteiger partial charge >= 0.3 is 5.97 Å². The number of carbonyl (C=O) groups is 1. The number of carboxylic acids is 1. The molecule has 1 aromatic heterocycles. The van der Waals surface area contributed by atoms with E-state index in [0.717, 1.165) is 11.3 Å². The Morgan fingerprint density at radius 2 is 2.05 bits per heavy atom. The largest absolute Gasteiger partial charge is 0.480 e. The molecule has 0 aliphatic carbocycles. The van der Waals surface area contributed by atoms with Crippen molar-refractivity contribution in [2.75, 3.05) is 0 Å². The van der Waals surface area contributed by atoms with Gasteiger partial charge in [-0.3, -0.25) is 4.79 Å². The molecule has 0 aliphatic rings. The van der Waals surface area contributed by atoms with Crippen LogP contribution in [0.5, 0.6) is 0 Å². The Balaban J connectivity index is 2.02. The monoisotopic (exact) mass is 291 g/mol. The zero-order valence-corrected chi connectivity index (χ0v) is 12.3. The third kappa shape index (κ3) is 3.63. The normalized spacial score (nSPS) is 12.6. The molecule has 1 atom stereocenters. The highest BCUT2D eigenvalue weighted by Gasteiger charge is 2.22. The van der Waals surface area contributed by atoms with Crippen LogP contribution < -0.4 is 0 Å². The van der Waals surface area contributed by atoms with Crippen LogP contribution in [0.25, 0.3) is 11.3 Å². The summed E-state index contributed by atoms with van der Waals surface area (Å²) in [5.74, 6) is 0.540. The number of aromatic nitrogens is 1. The Morgan fingerprint density at radius 3 is 2.65 bits per heavy atom. The van der Waals surface area contributed by atoms with Gasteiger partial charge in [-0.1, -0.05) is 49.3 Å². The van der Waals surface area contributed by atoms with E-state index >= 15 is 0 Å². The van der Waals surface area contributed by atoms with Crippen LogP contribution in [0.15, 0.2) is 40.9 Å². The second-order valence-electron chi connectivity index (χ2n) is 4.86. The first-order valence-corrected chi connectivity index (χ1v) is 7.48. The zero-order chi connectivity index (χ0) is 14.5. The predicted molar refractivity (Wildman–Crippen MR) is 79.5 cm³/mol. The Hall–Kier alpha value is -1.75. The van der Waals surface area contributed by atoms with Crippen molar-refractivity contribution in [2.45, 2.75) is 24.9 Å². The lowest BCUT2D eigenvalue weighted by Crippen LogP contribution is -2.22. The van der Waals surface area contributed by atoms with Crippen molar-refractivity contribution >= 4 is 17.7 Å². The molecule has 2 rings (SSSR count). The lowest BCUT2D eigenvalue weighted by molar-refractivity contribution is -0.137. The summed E-state index contributed by atoms with van der Waals surface area (Å²) in [5.41, 5.74) is 1.73. The van der Waals surface area contributed by atoms with E-state index in [0.29, 0.717) is 11.5 Å². The van der Waals surface area contributed by atoms with E-state index in [4.69, 9.17) is 9.63 Å². The zero-order valence-electron chi connectivity index (χ0n) is 11.4. The quantitative estimate of drug-likeness (QED) is 0.879. The lowest BCUT2D eigenvalue weighted by atomic mass is 10.1. The molecule has 0 fully saturated rings. The van der Waals surface area contributed by atoms with Gasteiger partial charge in [0, 0.05) is 17.4 Å². The molecule has 0 spiro atoms. The molecule has 0 aliphatic heterocycles. The van der Waals surface area contributed by atoms with Crippen LogP contribution in [0, 0.1) is 5.92 Å². The first-order chi connectivity index (χ1) is 9.58. The predicted octanol–water partition coefficient (Wildman–Crippen LogP) is 3.68. The molecule has 0 bridgehead atoms. The summed E-state index contributed by atoms with van der Waals surface area (Å²) in [7, 11) is 0. The van der Waals surface area contributed by atoms with Gasteiger partial charge in [-0.05, 0) is 5.92 Å². The third-order valence-corrected chi connectivity index (χ3v) is 4.44. The van der Waals surface area contributed by atoms with E-state index in [9.17, 15) is 4.79 Å². The molecule has 4 nitrogen and oxygen atoms in total. The van der Waals surface area contributed by atoms with Crippen LogP contribution in [0.3, 0.4) is 0 Å². The van der Waals surface area contributed by atoms with Crippen LogP contribution in [0.4, 0.5) is 0 Å². The van der Waals surface area contributed by atoms with E-state index in [-0.39, 0.29) is 5.92 Å². The smallest absolute Gasteiger partial charge is 0.316 e. The number of nitrogens with zero attached hydrogens (tertiary/aromatic N) is 1. The van der Waals surface area contributed by atoms with E-state index in [1.54, 1.807) is 0 Å². The molecule has 1 heterocycles. The summed E-state index contributed by atoms with van der Waals surface area (Å²) in [6, 6.07) is 11.6. The number of hydrogen-bond donors (Lipinski definition) is 1. The number of aliphatic carboxylic acids is 1. The van der Waals surface area contributed by atoms with Crippen molar-refractivity contribution < 1.29 is 14.4 Å². The van der Waals surface area contributed by atoms with Gasteiger partial charge in [-0.15, -0.1) is 11.8 Å². The minimum atomic E-state index is -0.781. The maximum Gasteiger partial charge on any atom is 0.316 e. The molecule has 1 aromatic carbocycles. The highest BCUT2D eigenvalue weighted by Crippen LogP contribution is 2.26. The fraction of sp³-hybridized carbons (Fsp3) is 0.333. The fourth-order valence-corrected chi connectivity index (χ4v) is 2.86. The van der Waals surface area contributed by atoms with Crippen LogP contribution in [-0.4, -0.2) is 21.5 Å². The van der Waals surface area contributed by atoms with Crippen molar-refractivity contribution in [2.24, 2.45) is 5.92 Å². The fourth-order valence-electron chi connectivity index (χ4n) is 1.84. The van der Waals surface area contributed by atoms with Gasteiger partial charge in [-0.2, -0.15) is 0 Å².